The predicted molar refractivity (Wildman–Crippen MR) is 148 cm³/mol. The summed E-state index contributed by atoms with van der Waals surface area (Å²) in [4.78, 5) is 38.3. The van der Waals surface area contributed by atoms with E-state index in [2.05, 4.69) is 5.32 Å². The molecule has 1 N–H and O–H groups in total. The number of benzene rings is 3. The molecule has 0 saturated carbocycles. The molecular weight excluding hydrogens is 565 g/mol. The van der Waals surface area contributed by atoms with Crippen molar-refractivity contribution in [3.05, 3.63) is 76.3 Å². The molecule has 9 nitrogen and oxygen atoms in total. The summed E-state index contributed by atoms with van der Waals surface area (Å²) in [6.07, 6.45) is -0.289. The fraction of sp³-hybridized carbons (Fsp3) is 0.296. The van der Waals surface area contributed by atoms with Crippen LogP contribution in [0.4, 0.5) is 0 Å². The third kappa shape index (κ3) is 7.48. The molecule has 2 amide bonds. The molecule has 4 rings (SSSR count). The summed E-state index contributed by atoms with van der Waals surface area (Å²) < 4.78 is 32.6. The summed E-state index contributed by atoms with van der Waals surface area (Å²) in [5.74, 6) is -1.47. The number of nitrogens with zero attached hydrogens (tertiary/aromatic N) is 2. The quantitative estimate of drug-likeness (QED) is 0.380. The molecule has 1 aliphatic heterocycles. The first-order chi connectivity index (χ1) is 18.6. The minimum Gasteiger partial charge on any atom is -0.456 e. The van der Waals surface area contributed by atoms with Crippen LogP contribution in [-0.2, 0) is 35.7 Å². The summed E-state index contributed by atoms with van der Waals surface area (Å²) in [7, 11) is -3.70. The van der Waals surface area contributed by atoms with Gasteiger partial charge in [0.2, 0.25) is 15.9 Å². The Kier molecular flexibility index (Phi) is 9.45. The van der Waals surface area contributed by atoms with E-state index >= 15 is 0 Å². The molecule has 0 spiro atoms. The highest BCUT2D eigenvalue weighted by Crippen LogP contribution is 2.23. The van der Waals surface area contributed by atoms with E-state index < -0.39 is 28.5 Å². The minimum absolute atomic E-state index is 0.0989. The third-order valence-corrected chi connectivity index (χ3v) is 8.83. The number of hydrogen-bond acceptors (Lipinski definition) is 6. The van der Waals surface area contributed by atoms with Gasteiger partial charge >= 0.3 is 5.97 Å². The molecule has 39 heavy (non-hydrogen) atoms. The largest absolute Gasteiger partial charge is 0.456 e. The van der Waals surface area contributed by atoms with Crippen molar-refractivity contribution in [2.75, 3.05) is 32.8 Å². The van der Waals surface area contributed by atoms with E-state index in [0.717, 1.165) is 10.8 Å². The maximum atomic E-state index is 13.1. The molecular formula is C27H27Cl2N3O6S. The molecule has 3 aromatic carbocycles. The molecule has 0 atom stereocenters. The summed E-state index contributed by atoms with van der Waals surface area (Å²) in [6.45, 7) is 0.413. The monoisotopic (exact) mass is 591 g/mol. The van der Waals surface area contributed by atoms with Crippen molar-refractivity contribution in [2.24, 2.45) is 0 Å². The number of sulfonamides is 1. The second-order valence-electron chi connectivity index (χ2n) is 8.97. The predicted octanol–water partition coefficient (Wildman–Crippen LogP) is 3.62. The molecule has 1 aliphatic rings. The van der Waals surface area contributed by atoms with Gasteiger partial charge in [-0.15, -0.1) is 0 Å². The minimum atomic E-state index is -3.70. The molecule has 1 saturated heterocycles. The first kappa shape index (κ1) is 28.8. The maximum Gasteiger partial charge on any atom is 0.306 e. The lowest BCUT2D eigenvalue weighted by atomic mass is 10.1. The number of fused-ring (bicyclic) bond motifs is 1. The third-order valence-electron chi connectivity index (χ3n) is 6.35. The zero-order chi connectivity index (χ0) is 28.0. The topological polar surface area (TPSA) is 113 Å². The van der Waals surface area contributed by atoms with Gasteiger partial charge in [0.05, 0.1) is 11.3 Å². The van der Waals surface area contributed by atoms with Crippen LogP contribution in [0.1, 0.15) is 18.4 Å². The zero-order valence-electron chi connectivity index (χ0n) is 20.9. The average Bonchev–Trinajstić information content (AvgIpc) is 2.94. The van der Waals surface area contributed by atoms with E-state index in [-0.39, 0.29) is 56.4 Å². The Balaban J connectivity index is 1.18. The van der Waals surface area contributed by atoms with Crippen LogP contribution in [0.2, 0.25) is 10.0 Å². The Labute approximate surface area is 236 Å². The Morgan fingerprint density at radius 1 is 0.872 bits per heavy atom. The van der Waals surface area contributed by atoms with Gasteiger partial charge in [-0.05, 0) is 40.6 Å². The van der Waals surface area contributed by atoms with Crippen molar-refractivity contribution in [3.63, 3.8) is 0 Å². The van der Waals surface area contributed by atoms with E-state index in [1.807, 2.05) is 24.3 Å². The van der Waals surface area contributed by atoms with E-state index in [1.54, 1.807) is 36.4 Å². The highest BCUT2D eigenvalue weighted by atomic mass is 35.5. The molecule has 12 heteroatoms. The van der Waals surface area contributed by atoms with Crippen LogP contribution in [0.25, 0.3) is 10.8 Å². The molecule has 0 aliphatic carbocycles. The Morgan fingerprint density at radius 2 is 1.59 bits per heavy atom. The van der Waals surface area contributed by atoms with Crippen molar-refractivity contribution < 1.29 is 27.5 Å². The molecule has 3 aromatic rings. The van der Waals surface area contributed by atoms with Gasteiger partial charge in [-0.25, -0.2) is 8.42 Å². The summed E-state index contributed by atoms with van der Waals surface area (Å²) in [6, 6.07) is 17.4. The van der Waals surface area contributed by atoms with Crippen molar-refractivity contribution in [1.29, 1.82) is 0 Å². The normalized spacial score (nSPS) is 14.3. The Bertz CT molecular complexity index is 1490. The van der Waals surface area contributed by atoms with Gasteiger partial charge in [-0.3, -0.25) is 14.4 Å². The number of esters is 1. The smallest absolute Gasteiger partial charge is 0.306 e. The summed E-state index contributed by atoms with van der Waals surface area (Å²) >= 11 is 11.9. The molecule has 1 fully saturated rings. The molecule has 0 aromatic heterocycles. The van der Waals surface area contributed by atoms with Crippen LogP contribution in [0.3, 0.4) is 0 Å². The number of carbonyl (C=O) groups excluding carboxylic acids is 3. The van der Waals surface area contributed by atoms with E-state index in [4.69, 9.17) is 27.9 Å². The Hall–Kier alpha value is -3.18. The second kappa shape index (κ2) is 12.8. The van der Waals surface area contributed by atoms with Gasteiger partial charge in [0.15, 0.2) is 6.61 Å². The van der Waals surface area contributed by atoms with E-state index in [9.17, 15) is 22.8 Å². The van der Waals surface area contributed by atoms with Gasteiger partial charge in [0, 0.05) is 49.2 Å². The van der Waals surface area contributed by atoms with Crippen molar-refractivity contribution >= 4 is 61.8 Å². The number of nitrogens with one attached hydrogen (secondary N) is 1. The van der Waals surface area contributed by atoms with Gasteiger partial charge in [0.1, 0.15) is 0 Å². The highest BCUT2D eigenvalue weighted by molar-refractivity contribution is 7.89. The van der Waals surface area contributed by atoms with Gasteiger partial charge in [0.25, 0.3) is 5.91 Å². The number of amides is 2. The second-order valence-corrected chi connectivity index (χ2v) is 11.7. The van der Waals surface area contributed by atoms with Crippen LogP contribution in [-0.4, -0.2) is 68.2 Å². The standard InChI is InChI=1S/C27H27Cl2N3O6S/c28-22-7-5-21(24(29)16-22)17-30-25(33)18-38-27(35)10-9-26(34)31-11-13-32(14-12-31)39(36,37)23-8-6-19-3-1-2-4-20(19)15-23/h1-8,15-16H,9-14,17-18H2,(H,30,33). The van der Waals surface area contributed by atoms with Gasteiger partial charge < -0.3 is 15.0 Å². The summed E-state index contributed by atoms with van der Waals surface area (Å²) in [5, 5.41) is 5.27. The molecule has 0 radical (unpaired) electrons. The van der Waals surface area contributed by atoms with Crippen molar-refractivity contribution in [3.8, 4) is 0 Å². The van der Waals surface area contributed by atoms with Crippen LogP contribution in [0, 0.1) is 0 Å². The number of piperazine rings is 1. The zero-order valence-corrected chi connectivity index (χ0v) is 23.3. The van der Waals surface area contributed by atoms with Crippen LogP contribution in [0.15, 0.2) is 65.6 Å². The van der Waals surface area contributed by atoms with E-state index in [1.165, 1.54) is 9.21 Å². The molecule has 0 unspecified atom stereocenters. The van der Waals surface area contributed by atoms with Gasteiger partial charge in [-0.2, -0.15) is 4.31 Å². The van der Waals surface area contributed by atoms with Crippen LogP contribution < -0.4 is 5.32 Å². The number of ether oxygens (including phenoxy) is 1. The Morgan fingerprint density at radius 3 is 2.31 bits per heavy atom. The first-order valence-electron chi connectivity index (χ1n) is 12.3. The van der Waals surface area contributed by atoms with Crippen molar-refractivity contribution in [1.82, 2.24) is 14.5 Å². The summed E-state index contributed by atoms with van der Waals surface area (Å²) in [5.41, 5.74) is 0.663. The van der Waals surface area contributed by atoms with E-state index in [0.29, 0.717) is 15.6 Å². The number of carbonyl (C=O) groups is 3. The maximum absolute atomic E-state index is 13.1. The number of halogens is 2. The first-order valence-corrected chi connectivity index (χ1v) is 14.5. The SMILES string of the molecule is O=C(COC(=O)CCC(=O)N1CCN(S(=O)(=O)c2ccc3ccccc3c2)CC1)NCc1ccc(Cl)cc1Cl. The van der Waals surface area contributed by atoms with Crippen LogP contribution >= 0.6 is 23.2 Å². The van der Waals surface area contributed by atoms with Crippen molar-refractivity contribution in [2.45, 2.75) is 24.3 Å². The van der Waals surface area contributed by atoms with Crippen LogP contribution in [0.5, 0.6) is 0 Å². The lowest BCUT2D eigenvalue weighted by Gasteiger charge is -2.34. The lowest BCUT2D eigenvalue weighted by molar-refractivity contribution is -0.150. The molecule has 1 heterocycles. The number of rotatable bonds is 9. The molecule has 206 valence electrons. The fourth-order valence-corrected chi connectivity index (χ4v) is 6.08. The highest BCUT2D eigenvalue weighted by Gasteiger charge is 2.30. The lowest BCUT2D eigenvalue weighted by Crippen LogP contribution is -2.50. The number of hydrogen-bond donors (Lipinski definition) is 1. The van der Waals surface area contributed by atoms with Gasteiger partial charge in [-0.1, -0.05) is 59.6 Å². The molecule has 0 bridgehead atoms. The fourth-order valence-electron chi connectivity index (χ4n) is 4.15. The average molecular weight is 593 g/mol.